The predicted octanol–water partition coefficient (Wildman–Crippen LogP) is 2.99. The zero-order chi connectivity index (χ0) is 13.9. The molecule has 4 heteroatoms. The van der Waals surface area contributed by atoms with E-state index in [2.05, 4.69) is 22.4 Å². The maximum Gasteiger partial charge on any atom is 0.0992 e. The Hall–Kier alpha value is -2.98. The molecule has 0 unspecified atom stereocenters. The van der Waals surface area contributed by atoms with Crippen molar-refractivity contribution in [1.82, 2.24) is 0 Å². The molecular formula is C16H12N4. The fourth-order valence-corrected chi connectivity index (χ4v) is 2.41. The van der Waals surface area contributed by atoms with Gasteiger partial charge in [-0.25, -0.2) is 0 Å². The van der Waals surface area contributed by atoms with Crippen LogP contribution in [0.1, 0.15) is 11.1 Å². The van der Waals surface area contributed by atoms with E-state index in [1.165, 1.54) is 0 Å². The first-order valence-electron chi connectivity index (χ1n) is 6.37. The molecule has 1 N–H and O–H groups in total. The Balaban J connectivity index is 2.09. The Kier molecular flexibility index (Phi) is 2.99. The van der Waals surface area contributed by atoms with E-state index >= 15 is 0 Å². The first-order valence-corrected chi connectivity index (χ1v) is 6.37. The Labute approximate surface area is 117 Å². The van der Waals surface area contributed by atoms with Crippen molar-refractivity contribution in [3.8, 4) is 12.1 Å². The fourth-order valence-electron chi connectivity index (χ4n) is 2.41. The summed E-state index contributed by atoms with van der Waals surface area (Å²) in [5, 5.41) is 21.4. The van der Waals surface area contributed by atoms with E-state index in [9.17, 15) is 0 Å². The van der Waals surface area contributed by atoms with Gasteiger partial charge in [-0.1, -0.05) is 6.07 Å². The van der Waals surface area contributed by atoms with Gasteiger partial charge in [0, 0.05) is 18.8 Å². The van der Waals surface area contributed by atoms with Gasteiger partial charge in [0.1, 0.15) is 0 Å². The average molecular weight is 260 g/mol. The molecule has 0 amide bonds. The summed E-state index contributed by atoms with van der Waals surface area (Å²) < 4.78 is 0. The monoisotopic (exact) mass is 260 g/mol. The summed E-state index contributed by atoms with van der Waals surface area (Å²) in [6.07, 6.45) is 0. The molecule has 1 heterocycles. The highest BCUT2D eigenvalue weighted by molar-refractivity contribution is 5.80. The third-order valence-electron chi connectivity index (χ3n) is 3.36. The highest BCUT2D eigenvalue weighted by Crippen LogP contribution is 2.35. The van der Waals surface area contributed by atoms with Gasteiger partial charge in [0.2, 0.25) is 0 Å². The van der Waals surface area contributed by atoms with E-state index in [0.717, 1.165) is 30.2 Å². The Morgan fingerprint density at radius 1 is 1.00 bits per heavy atom. The molecule has 0 fully saturated rings. The molecule has 1 aliphatic heterocycles. The van der Waals surface area contributed by atoms with E-state index < -0.39 is 0 Å². The molecule has 2 aromatic rings. The van der Waals surface area contributed by atoms with Gasteiger partial charge < -0.3 is 10.2 Å². The zero-order valence-electron chi connectivity index (χ0n) is 10.8. The number of fused-ring (bicyclic) bond motifs is 1. The predicted molar refractivity (Wildman–Crippen MR) is 77.8 cm³/mol. The van der Waals surface area contributed by atoms with Crippen LogP contribution < -0.4 is 10.2 Å². The Bertz CT molecular complexity index is 737. The topological polar surface area (TPSA) is 62.9 Å². The van der Waals surface area contributed by atoms with Crippen LogP contribution in [0.2, 0.25) is 0 Å². The highest BCUT2D eigenvalue weighted by atomic mass is 15.2. The summed E-state index contributed by atoms with van der Waals surface area (Å²) in [4.78, 5) is 2.13. The van der Waals surface area contributed by atoms with Gasteiger partial charge >= 0.3 is 0 Å². The van der Waals surface area contributed by atoms with Crippen molar-refractivity contribution in [3.63, 3.8) is 0 Å². The largest absolute Gasteiger partial charge is 0.382 e. The molecule has 0 bridgehead atoms. The number of rotatable bonds is 1. The van der Waals surface area contributed by atoms with E-state index in [1.807, 2.05) is 30.3 Å². The van der Waals surface area contributed by atoms with Crippen LogP contribution in [0.25, 0.3) is 0 Å². The van der Waals surface area contributed by atoms with Crippen LogP contribution in [0.5, 0.6) is 0 Å². The zero-order valence-corrected chi connectivity index (χ0v) is 10.8. The van der Waals surface area contributed by atoms with Crippen LogP contribution in [0.3, 0.4) is 0 Å². The number of nitriles is 2. The molecule has 0 aliphatic carbocycles. The number of benzene rings is 2. The highest BCUT2D eigenvalue weighted by Gasteiger charge is 2.18. The van der Waals surface area contributed by atoms with E-state index in [-0.39, 0.29) is 0 Å². The maximum atomic E-state index is 9.05. The summed E-state index contributed by atoms with van der Waals surface area (Å²) in [5.41, 5.74) is 4.23. The van der Waals surface area contributed by atoms with Gasteiger partial charge in [0.25, 0.3) is 0 Å². The number of nitrogens with one attached hydrogen (secondary N) is 1. The molecule has 0 spiro atoms. The van der Waals surface area contributed by atoms with Crippen molar-refractivity contribution >= 4 is 17.1 Å². The lowest BCUT2D eigenvalue weighted by atomic mass is 10.1. The van der Waals surface area contributed by atoms with Crippen molar-refractivity contribution in [2.45, 2.75) is 0 Å². The van der Waals surface area contributed by atoms with Crippen LogP contribution in [0.15, 0.2) is 42.5 Å². The maximum absolute atomic E-state index is 9.05. The lowest BCUT2D eigenvalue weighted by Gasteiger charge is -2.32. The minimum absolute atomic E-state index is 0.633. The van der Waals surface area contributed by atoms with Crippen LogP contribution >= 0.6 is 0 Å². The van der Waals surface area contributed by atoms with Crippen molar-refractivity contribution in [2.24, 2.45) is 0 Å². The summed E-state index contributed by atoms with van der Waals surface area (Å²) in [6, 6.07) is 17.4. The van der Waals surface area contributed by atoms with Crippen molar-refractivity contribution in [1.29, 1.82) is 10.5 Å². The molecule has 0 saturated heterocycles. The first-order chi connectivity index (χ1) is 9.81. The lowest BCUT2D eigenvalue weighted by molar-refractivity contribution is 0.926. The van der Waals surface area contributed by atoms with Gasteiger partial charge in [-0.3, -0.25) is 0 Å². The third kappa shape index (κ3) is 2.04. The summed E-state index contributed by atoms with van der Waals surface area (Å²) >= 11 is 0. The number of hydrogen-bond donors (Lipinski definition) is 1. The standard InChI is InChI=1S/C16H12N4/c17-10-12-2-1-3-14(8-12)20-7-6-19-15-5-4-13(11-18)9-16(15)20/h1-5,8-9,19H,6-7H2. The molecule has 3 rings (SSSR count). The van der Waals surface area contributed by atoms with Crippen LogP contribution in [-0.4, -0.2) is 13.1 Å². The van der Waals surface area contributed by atoms with E-state index in [1.54, 1.807) is 12.1 Å². The van der Waals surface area contributed by atoms with E-state index in [4.69, 9.17) is 10.5 Å². The van der Waals surface area contributed by atoms with Crippen molar-refractivity contribution < 1.29 is 0 Å². The molecule has 1 aliphatic rings. The third-order valence-corrected chi connectivity index (χ3v) is 3.36. The normalized spacial score (nSPS) is 12.8. The summed E-state index contributed by atoms with van der Waals surface area (Å²) in [7, 11) is 0. The molecule has 2 aromatic carbocycles. The van der Waals surface area contributed by atoms with Gasteiger partial charge in [0.15, 0.2) is 0 Å². The number of anilines is 3. The molecule has 20 heavy (non-hydrogen) atoms. The number of nitrogens with zero attached hydrogens (tertiary/aromatic N) is 3. The second-order valence-electron chi connectivity index (χ2n) is 4.58. The fraction of sp³-hybridized carbons (Fsp3) is 0.125. The summed E-state index contributed by atoms with van der Waals surface area (Å²) in [6.45, 7) is 1.63. The van der Waals surface area contributed by atoms with Crippen LogP contribution in [0, 0.1) is 22.7 Å². The van der Waals surface area contributed by atoms with Gasteiger partial charge in [-0.2, -0.15) is 10.5 Å². The lowest BCUT2D eigenvalue weighted by Crippen LogP contribution is -2.30. The first kappa shape index (κ1) is 12.1. The van der Waals surface area contributed by atoms with Crippen LogP contribution in [0.4, 0.5) is 17.1 Å². The summed E-state index contributed by atoms with van der Waals surface area (Å²) in [5.74, 6) is 0. The number of hydrogen-bond acceptors (Lipinski definition) is 4. The molecule has 0 aromatic heterocycles. The molecule has 0 saturated carbocycles. The minimum atomic E-state index is 0.633. The quantitative estimate of drug-likeness (QED) is 0.856. The van der Waals surface area contributed by atoms with Gasteiger partial charge in [0.05, 0.1) is 34.6 Å². The van der Waals surface area contributed by atoms with Crippen LogP contribution in [-0.2, 0) is 0 Å². The molecule has 4 nitrogen and oxygen atoms in total. The van der Waals surface area contributed by atoms with E-state index in [0.29, 0.717) is 11.1 Å². The van der Waals surface area contributed by atoms with Crippen molar-refractivity contribution in [3.05, 3.63) is 53.6 Å². The molecular weight excluding hydrogens is 248 g/mol. The SMILES string of the molecule is N#Cc1cccc(N2CCNc3ccc(C#N)cc32)c1. The van der Waals surface area contributed by atoms with Crippen molar-refractivity contribution in [2.75, 3.05) is 23.3 Å². The Morgan fingerprint density at radius 3 is 2.60 bits per heavy atom. The molecule has 96 valence electrons. The molecule has 0 radical (unpaired) electrons. The smallest absolute Gasteiger partial charge is 0.0992 e. The van der Waals surface area contributed by atoms with Gasteiger partial charge in [-0.15, -0.1) is 0 Å². The second-order valence-corrected chi connectivity index (χ2v) is 4.58. The molecule has 0 atom stereocenters. The second kappa shape index (κ2) is 4.95. The Morgan fingerprint density at radius 2 is 1.80 bits per heavy atom. The average Bonchev–Trinajstić information content (AvgIpc) is 2.53. The van der Waals surface area contributed by atoms with Gasteiger partial charge in [-0.05, 0) is 36.4 Å². The minimum Gasteiger partial charge on any atom is -0.382 e.